The summed E-state index contributed by atoms with van der Waals surface area (Å²) in [6, 6.07) is 10.0. The first-order chi connectivity index (χ1) is 10.9. The van der Waals surface area contributed by atoms with Gasteiger partial charge in [-0.05, 0) is 55.3 Å². The summed E-state index contributed by atoms with van der Waals surface area (Å²) in [7, 11) is 0. The summed E-state index contributed by atoms with van der Waals surface area (Å²) in [6.07, 6.45) is 0. The molecule has 0 aliphatic rings. The number of ether oxygens (including phenoxy) is 1. The first kappa shape index (κ1) is 17.0. The average Bonchev–Trinajstić information content (AvgIpc) is 2.50. The monoisotopic (exact) mass is 376 g/mol. The number of halogens is 1. The number of rotatable bonds is 5. The predicted molar refractivity (Wildman–Crippen MR) is 88.5 cm³/mol. The Morgan fingerprint density at radius 1 is 1.13 bits per heavy atom. The van der Waals surface area contributed by atoms with Crippen molar-refractivity contribution in [1.82, 2.24) is 0 Å². The molecule has 0 saturated heterocycles. The zero-order chi connectivity index (χ0) is 17.0. The van der Waals surface area contributed by atoms with Crippen molar-refractivity contribution in [3.8, 4) is 5.75 Å². The summed E-state index contributed by atoms with van der Waals surface area (Å²) in [5.74, 6) is -1.23. The Balaban J connectivity index is 2.02. The van der Waals surface area contributed by atoms with E-state index in [0.717, 1.165) is 11.1 Å². The number of carbonyl (C=O) groups excluding carboxylic acids is 2. The van der Waals surface area contributed by atoms with Crippen molar-refractivity contribution < 1.29 is 19.4 Å². The predicted octanol–water partition coefficient (Wildman–Crippen LogP) is 2.45. The second kappa shape index (κ2) is 7.28. The fourth-order valence-corrected chi connectivity index (χ4v) is 2.29. The summed E-state index contributed by atoms with van der Waals surface area (Å²) in [5.41, 5.74) is 2.27. The molecule has 2 aromatic rings. The number of amides is 1. The van der Waals surface area contributed by atoms with Gasteiger partial charge in [-0.2, -0.15) is 0 Å². The molecule has 0 radical (unpaired) electrons. The largest absolute Gasteiger partial charge is 0.545 e. The van der Waals surface area contributed by atoms with E-state index < -0.39 is 11.9 Å². The molecule has 0 atom stereocenters. The molecule has 0 heterocycles. The number of anilines is 1. The van der Waals surface area contributed by atoms with E-state index in [2.05, 4.69) is 21.2 Å². The maximum atomic E-state index is 11.9. The van der Waals surface area contributed by atoms with Crippen LogP contribution >= 0.6 is 15.9 Å². The van der Waals surface area contributed by atoms with E-state index in [1.807, 2.05) is 26.0 Å². The minimum absolute atomic E-state index is 0.0982. The Hall–Kier alpha value is -2.34. The van der Waals surface area contributed by atoms with Gasteiger partial charge in [-0.3, -0.25) is 4.79 Å². The van der Waals surface area contributed by atoms with Gasteiger partial charge in [-0.1, -0.05) is 22.0 Å². The molecule has 0 bridgehead atoms. The molecule has 0 fully saturated rings. The highest BCUT2D eigenvalue weighted by molar-refractivity contribution is 9.10. The summed E-state index contributed by atoms with van der Waals surface area (Å²) in [4.78, 5) is 23.0. The maximum Gasteiger partial charge on any atom is 0.262 e. The van der Waals surface area contributed by atoms with E-state index in [1.165, 1.54) is 12.1 Å². The van der Waals surface area contributed by atoms with Crippen LogP contribution in [0.25, 0.3) is 0 Å². The molecule has 0 aliphatic heterocycles. The molecule has 0 unspecified atom stereocenters. The van der Waals surface area contributed by atoms with Crippen LogP contribution in [-0.4, -0.2) is 18.5 Å². The second-order valence-electron chi connectivity index (χ2n) is 5.06. The third kappa shape index (κ3) is 4.56. The Kier molecular flexibility index (Phi) is 5.39. The molecule has 0 aromatic heterocycles. The lowest BCUT2D eigenvalue weighted by atomic mass is 10.1. The smallest absolute Gasteiger partial charge is 0.262 e. The van der Waals surface area contributed by atoms with Crippen molar-refractivity contribution in [3.05, 3.63) is 57.6 Å². The van der Waals surface area contributed by atoms with E-state index in [9.17, 15) is 14.7 Å². The van der Waals surface area contributed by atoms with Crippen molar-refractivity contribution in [2.24, 2.45) is 0 Å². The number of benzene rings is 2. The SMILES string of the molecule is Cc1ccc(OCC(=O)Nc2ccc(Br)cc2C(=O)[O-])cc1C. The molecule has 120 valence electrons. The highest BCUT2D eigenvalue weighted by atomic mass is 79.9. The molecule has 2 aromatic carbocycles. The first-order valence-corrected chi connectivity index (χ1v) is 7.67. The number of hydrogen-bond acceptors (Lipinski definition) is 4. The van der Waals surface area contributed by atoms with Crippen molar-refractivity contribution in [2.75, 3.05) is 11.9 Å². The highest BCUT2D eigenvalue weighted by Gasteiger charge is 2.09. The fraction of sp³-hybridized carbons (Fsp3) is 0.176. The number of carboxylic acid groups (broad SMARTS) is 1. The molecule has 1 amide bonds. The third-order valence-electron chi connectivity index (χ3n) is 3.32. The Labute approximate surface area is 142 Å². The number of carboxylic acids is 1. The number of aryl methyl sites for hydroxylation is 2. The zero-order valence-corrected chi connectivity index (χ0v) is 14.3. The van der Waals surface area contributed by atoms with Crippen molar-refractivity contribution >= 4 is 33.5 Å². The quantitative estimate of drug-likeness (QED) is 0.868. The molecule has 0 spiro atoms. The molecular formula is C17H15BrNO4-. The summed E-state index contributed by atoms with van der Waals surface area (Å²) < 4.78 is 6.00. The Bertz CT molecular complexity index is 758. The van der Waals surface area contributed by atoms with Crippen LogP contribution in [-0.2, 0) is 4.79 Å². The van der Waals surface area contributed by atoms with Gasteiger partial charge < -0.3 is 20.0 Å². The Morgan fingerprint density at radius 2 is 1.87 bits per heavy atom. The number of hydrogen-bond donors (Lipinski definition) is 1. The lowest BCUT2D eigenvalue weighted by Gasteiger charge is -2.13. The molecule has 2 rings (SSSR count). The Morgan fingerprint density at radius 3 is 2.52 bits per heavy atom. The fourth-order valence-electron chi connectivity index (χ4n) is 1.93. The van der Waals surface area contributed by atoms with Crippen molar-refractivity contribution in [1.29, 1.82) is 0 Å². The normalized spacial score (nSPS) is 10.2. The average molecular weight is 377 g/mol. The lowest BCUT2D eigenvalue weighted by Crippen LogP contribution is -2.26. The third-order valence-corrected chi connectivity index (χ3v) is 3.82. The maximum absolute atomic E-state index is 11.9. The van der Waals surface area contributed by atoms with Crippen LogP contribution in [0.4, 0.5) is 5.69 Å². The molecule has 23 heavy (non-hydrogen) atoms. The number of nitrogens with one attached hydrogen (secondary N) is 1. The summed E-state index contributed by atoms with van der Waals surface area (Å²) >= 11 is 3.18. The van der Waals surface area contributed by atoms with Crippen LogP contribution in [0.5, 0.6) is 5.75 Å². The molecule has 0 aliphatic carbocycles. The molecule has 1 N–H and O–H groups in total. The van der Waals surface area contributed by atoms with Crippen LogP contribution in [0.2, 0.25) is 0 Å². The van der Waals surface area contributed by atoms with E-state index in [-0.39, 0.29) is 17.9 Å². The minimum Gasteiger partial charge on any atom is -0.545 e. The van der Waals surface area contributed by atoms with Crippen LogP contribution in [0.3, 0.4) is 0 Å². The van der Waals surface area contributed by atoms with E-state index in [4.69, 9.17) is 4.74 Å². The van der Waals surface area contributed by atoms with E-state index >= 15 is 0 Å². The minimum atomic E-state index is -1.36. The molecule has 6 heteroatoms. The van der Waals surface area contributed by atoms with E-state index in [0.29, 0.717) is 10.2 Å². The van der Waals surface area contributed by atoms with Gasteiger partial charge in [0.05, 0.1) is 5.97 Å². The first-order valence-electron chi connectivity index (χ1n) is 6.87. The molecular weight excluding hydrogens is 362 g/mol. The van der Waals surface area contributed by atoms with Crippen molar-refractivity contribution in [3.63, 3.8) is 0 Å². The highest BCUT2D eigenvalue weighted by Crippen LogP contribution is 2.21. The van der Waals surface area contributed by atoms with Crippen LogP contribution < -0.4 is 15.2 Å². The standard InChI is InChI=1S/C17H16BrNO4/c1-10-3-5-13(7-11(10)2)23-9-16(20)19-15-6-4-12(18)8-14(15)17(21)22/h3-8H,9H2,1-2H3,(H,19,20)(H,21,22)/p-1. The number of aromatic carboxylic acids is 1. The van der Waals surface area contributed by atoms with E-state index in [1.54, 1.807) is 12.1 Å². The molecule has 5 nitrogen and oxygen atoms in total. The van der Waals surface area contributed by atoms with Gasteiger partial charge in [-0.15, -0.1) is 0 Å². The number of carbonyl (C=O) groups is 2. The summed E-state index contributed by atoms with van der Waals surface area (Å²) in [6.45, 7) is 3.72. The van der Waals surface area contributed by atoms with Crippen molar-refractivity contribution in [2.45, 2.75) is 13.8 Å². The van der Waals surface area contributed by atoms with Gasteiger partial charge in [0.15, 0.2) is 6.61 Å². The zero-order valence-electron chi connectivity index (χ0n) is 12.7. The lowest BCUT2D eigenvalue weighted by molar-refractivity contribution is -0.254. The van der Waals surface area contributed by atoms with Gasteiger partial charge in [-0.25, -0.2) is 0 Å². The van der Waals surface area contributed by atoms with Gasteiger partial charge in [0.1, 0.15) is 5.75 Å². The second-order valence-corrected chi connectivity index (χ2v) is 5.98. The summed E-state index contributed by atoms with van der Waals surface area (Å²) in [5, 5.41) is 13.6. The topological polar surface area (TPSA) is 78.5 Å². The van der Waals surface area contributed by atoms with Gasteiger partial charge in [0.2, 0.25) is 0 Å². The van der Waals surface area contributed by atoms with Crippen LogP contribution in [0, 0.1) is 13.8 Å². The van der Waals surface area contributed by atoms with Gasteiger partial charge in [0, 0.05) is 15.7 Å². The van der Waals surface area contributed by atoms with Gasteiger partial charge >= 0.3 is 0 Å². The molecule has 0 saturated carbocycles. The van der Waals surface area contributed by atoms with Crippen LogP contribution in [0.15, 0.2) is 40.9 Å². The van der Waals surface area contributed by atoms with Gasteiger partial charge in [0.25, 0.3) is 5.91 Å². The van der Waals surface area contributed by atoms with Crippen LogP contribution in [0.1, 0.15) is 21.5 Å².